The third-order valence-electron chi connectivity index (χ3n) is 9.60. The summed E-state index contributed by atoms with van der Waals surface area (Å²) in [5.74, 6) is -0.822. The summed E-state index contributed by atoms with van der Waals surface area (Å²) < 4.78 is 96.8. The molecule has 6 rings (SSSR count). The van der Waals surface area contributed by atoms with E-state index in [1.54, 1.807) is 13.0 Å². The molecule has 0 saturated carbocycles. The molecule has 1 spiro atoms. The number of hydrogen-bond acceptors (Lipinski definition) is 9. The zero-order valence-corrected chi connectivity index (χ0v) is 28.1. The van der Waals surface area contributed by atoms with Crippen molar-refractivity contribution in [2.75, 3.05) is 36.9 Å². The molecule has 0 unspecified atom stereocenters. The van der Waals surface area contributed by atoms with Gasteiger partial charge < -0.3 is 25.4 Å². The molecule has 0 radical (unpaired) electrons. The lowest BCUT2D eigenvalue weighted by molar-refractivity contribution is -0.198. The van der Waals surface area contributed by atoms with Gasteiger partial charge in [-0.3, -0.25) is 4.79 Å². The number of ether oxygens (including phenoxy) is 2. The van der Waals surface area contributed by atoms with Crippen LogP contribution in [0.2, 0.25) is 0 Å². The van der Waals surface area contributed by atoms with Crippen LogP contribution in [0.3, 0.4) is 0 Å². The molecule has 2 saturated heterocycles. The van der Waals surface area contributed by atoms with Gasteiger partial charge in [0.1, 0.15) is 11.9 Å². The maximum absolute atomic E-state index is 14.9. The Morgan fingerprint density at radius 3 is 2.35 bits per heavy atom. The molecule has 272 valence electrons. The zero-order valence-electron chi connectivity index (χ0n) is 28.1. The summed E-state index contributed by atoms with van der Waals surface area (Å²) in [7, 11) is 0. The van der Waals surface area contributed by atoms with Crippen molar-refractivity contribution in [1.29, 1.82) is 0 Å². The lowest BCUT2D eigenvalue weighted by Crippen LogP contribution is -2.41. The van der Waals surface area contributed by atoms with Crippen LogP contribution in [0.1, 0.15) is 54.7 Å². The topological polar surface area (TPSA) is 120 Å². The van der Waals surface area contributed by atoms with E-state index in [2.05, 4.69) is 20.4 Å². The van der Waals surface area contributed by atoms with Gasteiger partial charge >= 0.3 is 18.3 Å². The first kappa shape index (κ1) is 35.9. The van der Waals surface area contributed by atoms with E-state index < -0.39 is 41.6 Å². The number of rotatable bonds is 8. The van der Waals surface area contributed by atoms with Crippen LogP contribution in [0.25, 0.3) is 16.8 Å². The first-order valence-corrected chi connectivity index (χ1v) is 16.4. The Morgan fingerprint density at radius 1 is 1.00 bits per heavy atom. The second kappa shape index (κ2) is 13.7. The smallest absolute Gasteiger partial charge is 0.435 e. The molecule has 2 atom stereocenters. The molecule has 2 aliphatic heterocycles. The van der Waals surface area contributed by atoms with Crippen LogP contribution in [-0.4, -0.2) is 64.2 Å². The van der Waals surface area contributed by atoms with Crippen LogP contribution in [0.15, 0.2) is 54.7 Å². The molecule has 2 aromatic heterocycles. The summed E-state index contributed by atoms with van der Waals surface area (Å²) in [6.45, 7) is 7.42. The maximum Gasteiger partial charge on any atom is 0.435 e. The van der Waals surface area contributed by atoms with E-state index in [1.165, 1.54) is 24.3 Å². The summed E-state index contributed by atoms with van der Waals surface area (Å²) >= 11 is 0. The van der Waals surface area contributed by atoms with Gasteiger partial charge in [0.05, 0.1) is 12.3 Å². The number of nitrogens with one attached hydrogen (secondary N) is 1. The standard InChI is InChI=1S/C35H37F6N7O3/c1-4-50-31(49)25-18-33(19-43-25)10-13-47(14-11-33)28-17-29(45-32(42)44-28)51-30(35(39,40)41)24-8-7-23(22-6-5-20(2)21(3)15-22)16-26(24)48-12-9-27(46-48)34(36,37)38/h5-9,12,15-17,25,30,43H,4,10-11,13-14,18-19H2,1-3H3,(H2,42,44,45)/t25-,30+/m0/s1. The molecule has 51 heavy (non-hydrogen) atoms. The number of carbonyl (C=O) groups is 1. The summed E-state index contributed by atoms with van der Waals surface area (Å²) in [4.78, 5) is 22.3. The largest absolute Gasteiger partial charge is 0.465 e. The molecule has 0 bridgehead atoms. The number of nitrogens with two attached hydrogens (primary N) is 1. The van der Waals surface area contributed by atoms with Gasteiger partial charge in [0, 0.05) is 37.5 Å². The number of aromatic nitrogens is 4. The number of carbonyl (C=O) groups excluding carboxylic acids is 1. The Morgan fingerprint density at radius 2 is 1.71 bits per heavy atom. The minimum Gasteiger partial charge on any atom is -0.465 e. The minimum atomic E-state index is -5.04. The Balaban J connectivity index is 1.31. The van der Waals surface area contributed by atoms with E-state index in [-0.39, 0.29) is 35.4 Å². The van der Waals surface area contributed by atoms with Crippen LogP contribution in [-0.2, 0) is 15.7 Å². The predicted molar refractivity (Wildman–Crippen MR) is 176 cm³/mol. The SMILES string of the molecule is CCOC(=O)[C@@H]1CC2(CCN(c3cc(O[C@H](c4ccc(-c5ccc(C)c(C)c5)cc4-n4ccc(C(F)(F)F)n4)C(F)(F)F)nc(N)n3)CC2)CN1. The van der Waals surface area contributed by atoms with E-state index >= 15 is 0 Å². The van der Waals surface area contributed by atoms with Crippen LogP contribution in [0.5, 0.6) is 5.88 Å². The first-order valence-electron chi connectivity index (χ1n) is 16.4. The predicted octanol–water partition coefficient (Wildman–Crippen LogP) is 6.74. The normalized spacial score (nSPS) is 18.2. The minimum absolute atomic E-state index is 0.147. The van der Waals surface area contributed by atoms with E-state index in [1.807, 2.05) is 30.9 Å². The highest BCUT2D eigenvalue weighted by molar-refractivity contribution is 5.76. The third-order valence-corrected chi connectivity index (χ3v) is 9.60. The number of nitrogens with zero attached hydrogens (tertiary/aromatic N) is 5. The maximum atomic E-state index is 14.9. The molecular formula is C35H37F6N7O3. The molecule has 16 heteroatoms. The number of anilines is 2. The summed E-state index contributed by atoms with van der Waals surface area (Å²) in [6.07, 6.45) is -9.61. The van der Waals surface area contributed by atoms with Crippen molar-refractivity contribution >= 4 is 17.7 Å². The third kappa shape index (κ3) is 7.75. The molecule has 0 amide bonds. The Labute approximate surface area is 290 Å². The summed E-state index contributed by atoms with van der Waals surface area (Å²) in [6, 6.07) is 11.0. The fourth-order valence-electron chi connectivity index (χ4n) is 6.67. The number of benzene rings is 2. The van der Waals surface area contributed by atoms with Gasteiger partial charge in [0.25, 0.3) is 0 Å². The number of aryl methyl sites for hydroxylation is 2. The molecule has 2 aliphatic rings. The van der Waals surface area contributed by atoms with E-state index in [9.17, 15) is 31.1 Å². The van der Waals surface area contributed by atoms with Crippen molar-refractivity contribution in [2.24, 2.45) is 5.41 Å². The van der Waals surface area contributed by atoms with Crippen LogP contribution < -0.4 is 20.7 Å². The highest BCUT2D eigenvalue weighted by Gasteiger charge is 2.46. The fraction of sp³-hybridized carbons (Fsp3) is 0.429. The lowest BCUT2D eigenvalue weighted by Gasteiger charge is -2.39. The van der Waals surface area contributed by atoms with Crippen LogP contribution >= 0.6 is 0 Å². The zero-order chi connectivity index (χ0) is 36.7. The van der Waals surface area contributed by atoms with Gasteiger partial charge in [-0.15, -0.1) is 0 Å². The van der Waals surface area contributed by atoms with Gasteiger partial charge in [-0.05, 0) is 79.8 Å². The number of halogens is 6. The quantitative estimate of drug-likeness (QED) is 0.151. The molecule has 2 fully saturated rings. The van der Waals surface area contributed by atoms with Crippen LogP contribution in [0, 0.1) is 19.3 Å². The van der Waals surface area contributed by atoms with Gasteiger partial charge in [-0.1, -0.05) is 30.3 Å². The Kier molecular flexibility index (Phi) is 9.65. The van der Waals surface area contributed by atoms with Crippen molar-refractivity contribution < 1.29 is 40.6 Å². The van der Waals surface area contributed by atoms with Crippen LogP contribution in [0.4, 0.5) is 38.1 Å². The number of esters is 1. The monoisotopic (exact) mass is 717 g/mol. The summed E-state index contributed by atoms with van der Waals surface area (Å²) in [5, 5.41) is 6.82. The molecule has 10 nitrogen and oxygen atoms in total. The van der Waals surface area contributed by atoms with E-state index in [4.69, 9.17) is 15.2 Å². The number of nitrogen functional groups attached to an aromatic ring is 1. The lowest BCUT2D eigenvalue weighted by atomic mass is 9.76. The molecule has 2 aromatic carbocycles. The number of piperidine rings is 1. The summed E-state index contributed by atoms with van der Waals surface area (Å²) in [5.41, 5.74) is 6.83. The van der Waals surface area contributed by atoms with Crippen molar-refractivity contribution in [3.63, 3.8) is 0 Å². The van der Waals surface area contributed by atoms with Crippen molar-refractivity contribution in [1.82, 2.24) is 25.1 Å². The van der Waals surface area contributed by atoms with Crippen molar-refractivity contribution in [2.45, 2.75) is 64.5 Å². The van der Waals surface area contributed by atoms with Gasteiger partial charge in [0.15, 0.2) is 5.69 Å². The van der Waals surface area contributed by atoms with Gasteiger partial charge in [-0.2, -0.15) is 41.4 Å². The highest BCUT2D eigenvalue weighted by Crippen LogP contribution is 2.43. The van der Waals surface area contributed by atoms with Crippen molar-refractivity contribution in [3.05, 3.63) is 77.1 Å². The second-order valence-electron chi connectivity index (χ2n) is 13.1. The Bertz CT molecular complexity index is 1900. The first-order chi connectivity index (χ1) is 24.0. The van der Waals surface area contributed by atoms with Crippen molar-refractivity contribution in [3.8, 4) is 22.7 Å². The molecule has 4 aromatic rings. The van der Waals surface area contributed by atoms with E-state index in [0.717, 1.165) is 22.0 Å². The number of alkyl halides is 6. The molecule has 0 aliphatic carbocycles. The molecule has 3 N–H and O–H groups in total. The average molecular weight is 718 g/mol. The molecule has 4 heterocycles. The second-order valence-corrected chi connectivity index (χ2v) is 13.1. The van der Waals surface area contributed by atoms with Gasteiger partial charge in [-0.25, -0.2) is 4.68 Å². The highest BCUT2D eigenvalue weighted by atomic mass is 19.4. The average Bonchev–Trinajstić information content (AvgIpc) is 3.73. The Hall–Kier alpha value is -4.86. The molecular weight excluding hydrogens is 680 g/mol. The van der Waals surface area contributed by atoms with Gasteiger partial charge in [0.2, 0.25) is 17.9 Å². The fourth-order valence-corrected chi connectivity index (χ4v) is 6.67. The van der Waals surface area contributed by atoms with E-state index in [0.29, 0.717) is 56.1 Å². The number of hydrogen-bond donors (Lipinski definition) is 2.